The lowest BCUT2D eigenvalue weighted by Gasteiger charge is -2.04. The second-order valence-corrected chi connectivity index (χ2v) is 4.96. The summed E-state index contributed by atoms with van der Waals surface area (Å²) in [6.45, 7) is 3.36. The number of carbonyl (C=O) groups is 1. The van der Waals surface area contributed by atoms with E-state index in [0.29, 0.717) is 22.6 Å². The Hall–Kier alpha value is -3.09. The minimum Gasteiger partial charge on any atom is -0.245 e. The van der Waals surface area contributed by atoms with Crippen LogP contribution in [0.5, 0.6) is 0 Å². The van der Waals surface area contributed by atoms with Crippen LogP contribution in [0.3, 0.4) is 0 Å². The fourth-order valence-corrected chi connectivity index (χ4v) is 1.81. The van der Waals surface area contributed by atoms with Crippen LogP contribution in [0.4, 0.5) is 13.6 Å². The highest BCUT2D eigenvalue weighted by Gasteiger charge is 2.02. The molecule has 5 nitrogen and oxygen atoms in total. The minimum absolute atomic E-state index is 0.345. The van der Waals surface area contributed by atoms with Crippen LogP contribution in [-0.2, 0) is 0 Å². The van der Waals surface area contributed by atoms with Crippen LogP contribution < -0.4 is 10.9 Å². The lowest BCUT2D eigenvalue weighted by atomic mass is 10.1. The number of nitrogens with one attached hydrogen (secondary N) is 2. The van der Waals surface area contributed by atoms with E-state index in [2.05, 4.69) is 21.1 Å². The smallest absolute Gasteiger partial charge is 0.245 e. The summed E-state index contributed by atoms with van der Waals surface area (Å²) in [5.74, 6) is -0.689. The molecule has 2 amide bonds. The molecule has 0 fully saturated rings. The third-order valence-corrected chi connectivity index (χ3v) is 3.17. The predicted octanol–water partition coefficient (Wildman–Crippen LogP) is 3.41. The number of hydrogen-bond donors (Lipinski definition) is 2. The van der Waals surface area contributed by atoms with Crippen molar-refractivity contribution in [2.75, 3.05) is 0 Å². The summed E-state index contributed by atoms with van der Waals surface area (Å²) < 4.78 is 25.7. The normalized spacial score (nSPS) is 12.0. The average Bonchev–Trinajstić information content (AvgIpc) is 2.58. The van der Waals surface area contributed by atoms with Crippen molar-refractivity contribution >= 4 is 17.5 Å². The summed E-state index contributed by atoms with van der Waals surface area (Å²) in [4.78, 5) is 11.7. The zero-order chi connectivity index (χ0) is 17.5. The summed E-state index contributed by atoms with van der Waals surface area (Å²) in [6, 6.07) is 10.9. The quantitative estimate of drug-likeness (QED) is 0.655. The zero-order valence-electron chi connectivity index (χ0n) is 13.2. The van der Waals surface area contributed by atoms with Crippen LogP contribution in [-0.4, -0.2) is 17.5 Å². The van der Waals surface area contributed by atoms with Crippen molar-refractivity contribution < 1.29 is 13.6 Å². The number of rotatable bonds is 4. The van der Waals surface area contributed by atoms with Gasteiger partial charge in [0.2, 0.25) is 0 Å². The number of amides is 2. The second-order valence-electron chi connectivity index (χ2n) is 4.96. The van der Waals surface area contributed by atoms with Crippen LogP contribution in [0, 0.1) is 11.6 Å². The average molecular weight is 330 g/mol. The Bertz CT molecular complexity index is 703. The standard InChI is InChI=1S/C17H16F2N4O/c1-11(13-3-7-15(18)8-4-13)20-22-17(24)23-21-12(2)14-5-9-16(19)10-6-14/h3-10H,1-2H3,(H2,22,23,24)/b20-11+,21-12+. The first-order chi connectivity index (χ1) is 11.5. The Labute approximate surface area is 138 Å². The van der Waals surface area contributed by atoms with Gasteiger partial charge in [0.15, 0.2) is 0 Å². The van der Waals surface area contributed by atoms with E-state index < -0.39 is 6.03 Å². The summed E-state index contributed by atoms with van der Waals surface area (Å²) in [5, 5.41) is 7.80. The maximum absolute atomic E-state index is 12.8. The van der Waals surface area contributed by atoms with E-state index in [1.807, 2.05) is 0 Å². The van der Waals surface area contributed by atoms with Gasteiger partial charge in [-0.2, -0.15) is 10.2 Å². The topological polar surface area (TPSA) is 65.8 Å². The van der Waals surface area contributed by atoms with Crippen LogP contribution in [0.1, 0.15) is 25.0 Å². The van der Waals surface area contributed by atoms with Crippen molar-refractivity contribution in [1.82, 2.24) is 10.9 Å². The van der Waals surface area contributed by atoms with E-state index in [1.54, 1.807) is 38.1 Å². The van der Waals surface area contributed by atoms with Crippen molar-refractivity contribution in [2.24, 2.45) is 10.2 Å². The number of nitrogens with zero attached hydrogens (tertiary/aromatic N) is 2. The molecule has 0 bridgehead atoms. The SMILES string of the molecule is C/C(=N\NC(=O)N/N=C(\C)c1ccc(F)cc1)c1ccc(F)cc1. The van der Waals surface area contributed by atoms with Crippen LogP contribution in [0.2, 0.25) is 0 Å². The van der Waals surface area contributed by atoms with Gasteiger partial charge in [-0.3, -0.25) is 0 Å². The highest BCUT2D eigenvalue weighted by molar-refractivity contribution is 6.00. The van der Waals surface area contributed by atoms with Crippen LogP contribution in [0.15, 0.2) is 58.7 Å². The molecule has 0 heterocycles. The van der Waals surface area contributed by atoms with Crippen LogP contribution >= 0.6 is 0 Å². The monoisotopic (exact) mass is 330 g/mol. The molecule has 7 heteroatoms. The third kappa shape index (κ3) is 4.98. The van der Waals surface area contributed by atoms with Crippen molar-refractivity contribution in [1.29, 1.82) is 0 Å². The van der Waals surface area contributed by atoms with Crippen LogP contribution in [0.25, 0.3) is 0 Å². The molecular formula is C17H16F2N4O. The largest absolute Gasteiger partial charge is 0.355 e. The lowest BCUT2D eigenvalue weighted by molar-refractivity contribution is 0.242. The molecule has 0 aromatic heterocycles. The minimum atomic E-state index is -0.627. The van der Waals surface area contributed by atoms with Gasteiger partial charge in [-0.1, -0.05) is 24.3 Å². The van der Waals surface area contributed by atoms with Crippen molar-refractivity contribution in [2.45, 2.75) is 13.8 Å². The van der Waals surface area contributed by atoms with E-state index in [1.165, 1.54) is 24.3 Å². The molecule has 2 N–H and O–H groups in total. The molecule has 124 valence electrons. The van der Waals surface area contributed by atoms with Gasteiger partial charge in [-0.15, -0.1) is 0 Å². The number of halogens is 2. The van der Waals surface area contributed by atoms with Crippen molar-refractivity contribution in [3.05, 3.63) is 71.3 Å². The van der Waals surface area contributed by atoms with Gasteiger partial charge < -0.3 is 0 Å². The molecule has 0 radical (unpaired) electrons. The molecule has 24 heavy (non-hydrogen) atoms. The molecule has 0 atom stereocenters. The number of hydrazone groups is 2. The Morgan fingerprint density at radius 2 is 1.08 bits per heavy atom. The molecule has 2 rings (SSSR count). The van der Waals surface area contributed by atoms with Gasteiger partial charge in [-0.25, -0.2) is 24.4 Å². The van der Waals surface area contributed by atoms with Gasteiger partial charge in [0.1, 0.15) is 11.6 Å². The van der Waals surface area contributed by atoms with E-state index in [4.69, 9.17) is 0 Å². The Balaban J connectivity index is 1.92. The first-order valence-electron chi connectivity index (χ1n) is 7.12. The Morgan fingerprint density at radius 1 is 0.750 bits per heavy atom. The lowest BCUT2D eigenvalue weighted by Crippen LogP contribution is -2.30. The van der Waals surface area contributed by atoms with Crippen molar-refractivity contribution in [3.63, 3.8) is 0 Å². The number of hydrogen-bond acceptors (Lipinski definition) is 3. The number of carbonyl (C=O) groups excluding carboxylic acids is 1. The number of benzene rings is 2. The van der Waals surface area contributed by atoms with Gasteiger partial charge in [0, 0.05) is 0 Å². The Kier molecular flexibility index (Phi) is 5.73. The van der Waals surface area contributed by atoms with Gasteiger partial charge >= 0.3 is 6.03 Å². The molecule has 0 aliphatic carbocycles. The summed E-state index contributed by atoms with van der Waals surface area (Å²) in [6.07, 6.45) is 0. The molecule has 0 spiro atoms. The second kappa shape index (κ2) is 7.96. The summed E-state index contributed by atoms with van der Waals surface area (Å²) >= 11 is 0. The first kappa shape index (κ1) is 17.3. The Morgan fingerprint density at radius 3 is 1.42 bits per heavy atom. The predicted molar refractivity (Wildman–Crippen MR) is 88.9 cm³/mol. The van der Waals surface area contributed by atoms with E-state index >= 15 is 0 Å². The maximum Gasteiger partial charge on any atom is 0.355 e. The molecular weight excluding hydrogens is 314 g/mol. The van der Waals surface area contributed by atoms with Gasteiger partial charge in [0.05, 0.1) is 11.4 Å². The molecule has 0 aliphatic heterocycles. The molecule has 2 aromatic carbocycles. The first-order valence-corrected chi connectivity index (χ1v) is 7.12. The fraction of sp³-hybridized carbons (Fsp3) is 0.118. The molecule has 0 saturated carbocycles. The summed E-state index contributed by atoms with van der Waals surface area (Å²) in [5.41, 5.74) is 6.98. The molecule has 2 aromatic rings. The number of urea groups is 1. The highest BCUT2D eigenvalue weighted by Crippen LogP contribution is 2.04. The van der Waals surface area contributed by atoms with E-state index in [-0.39, 0.29) is 11.6 Å². The van der Waals surface area contributed by atoms with Crippen molar-refractivity contribution in [3.8, 4) is 0 Å². The summed E-state index contributed by atoms with van der Waals surface area (Å²) in [7, 11) is 0. The molecule has 0 aliphatic rings. The fourth-order valence-electron chi connectivity index (χ4n) is 1.81. The molecule has 0 saturated heterocycles. The van der Waals surface area contributed by atoms with E-state index in [9.17, 15) is 13.6 Å². The van der Waals surface area contributed by atoms with Gasteiger partial charge in [0.25, 0.3) is 0 Å². The van der Waals surface area contributed by atoms with E-state index in [0.717, 1.165) is 0 Å². The van der Waals surface area contributed by atoms with Gasteiger partial charge in [-0.05, 0) is 49.2 Å². The highest BCUT2D eigenvalue weighted by atomic mass is 19.1. The zero-order valence-corrected chi connectivity index (χ0v) is 13.2. The molecule has 0 unspecified atom stereocenters. The third-order valence-electron chi connectivity index (χ3n) is 3.17. The maximum atomic E-state index is 12.8.